The summed E-state index contributed by atoms with van der Waals surface area (Å²) in [5.41, 5.74) is -3.00. The van der Waals surface area contributed by atoms with Gasteiger partial charge in [-0.25, -0.2) is 4.79 Å². The summed E-state index contributed by atoms with van der Waals surface area (Å²) < 4.78 is 20.5. The van der Waals surface area contributed by atoms with Gasteiger partial charge in [-0.1, -0.05) is 44.2 Å². The normalized spacial score (nSPS) is 35.4. The molecule has 13 atom stereocenters. The number of aromatic nitrogens is 3. The predicted octanol–water partition coefficient (Wildman–Crippen LogP) is 2.12. The first-order valence-corrected chi connectivity index (χ1v) is 27.4. The molecule has 19 nitrogen and oxygen atoms in total. The third-order valence-corrected chi connectivity index (χ3v) is 19.4. The van der Waals surface area contributed by atoms with Crippen LogP contribution in [0.15, 0.2) is 64.3 Å². The molecule has 19 heteroatoms. The molecule has 3 saturated heterocycles. The number of unbranched alkanes of at least 4 members (excludes halogenated alkanes) is 1. The van der Waals surface area contributed by atoms with Gasteiger partial charge in [-0.3, -0.25) is 33.3 Å². The number of nitrogens with zero attached hydrogens (tertiary/aromatic N) is 5. The van der Waals surface area contributed by atoms with Crippen LogP contribution in [0.4, 0.5) is 5.69 Å². The lowest BCUT2D eigenvalue weighted by molar-refractivity contribution is -0.203. The highest BCUT2D eigenvalue weighted by atomic mass is 16.5. The molecule has 8 heterocycles. The Kier molecular flexibility index (Phi) is 13.3. The largest absolute Gasteiger partial charge is 0.496 e. The van der Waals surface area contributed by atoms with Gasteiger partial charge >= 0.3 is 11.7 Å². The number of aliphatic hydroxyl groups is 5. The third-order valence-electron chi connectivity index (χ3n) is 19.4. The summed E-state index contributed by atoms with van der Waals surface area (Å²) in [4.78, 5) is 68.2. The van der Waals surface area contributed by atoms with Crippen LogP contribution in [0, 0.1) is 18.3 Å². The Morgan fingerprint density at radius 1 is 1.00 bits per heavy atom. The smallest absolute Gasteiger partial charge is 0.333 e. The molecule has 2 bridgehead atoms. The molecule has 4 fully saturated rings. The van der Waals surface area contributed by atoms with Crippen molar-refractivity contribution >= 4 is 28.5 Å². The summed E-state index contributed by atoms with van der Waals surface area (Å²) in [6, 6.07) is 10.7. The molecular weight excluding hydrogens is 975 g/mol. The van der Waals surface area contributed by atoms with Gasteiger partial charge in [0.05, 0.1) is 38.6 Å². The van der Waals surface area contributed by atoms with Crippen LogP contribution < -0.4 is 26.2 Å². The number of hydrogen-bond donors (Lipinski definition) is 7. The third kappa shape index (κ3) is 7.49. The van der Waals surface area contributed by atoms with Crippen molar-refractivity contribution in [3.63, 3.8) is 0 Å². The van der Waals surface area contributed by atoms with Gasteiger partial charge in [0.15, 0.2) is 5.60 Å². The number of hydrogen-bond acceptors (Lipinski definition) is 15. The van der Waals surface area contributed by atoms with Gasteiger partial charge < -0.3 is 54.9 Å². The van der Waals surface area contributed by atoms with Crippen LogP contribution in [-0.2, 0) is 42.9 Å². The number of para-hydroxylation sites is 1. The summed E-state index contributed by atoms with van der Waals surface area (Å²) in [6.45, 7) is 8.34. The van der Waals surface area contributed by atoms with E-state index in [0.29, 0.717) is 107 Å². The van der Waals surface area contributed by atoms with Crippen molar-refractivity contribution in [2.45, 2.75) is 144 Å². The molecule has 1 aliphatic carbocycles. The zero-order valence-corrected chi connectivity index (χ0v) is 44.6. The molecule has 1 spiro atoms. The first-order chi connectivity index (χ1) is 36.4. The summed E-state index contributed by atoms with van der Waals surface area (Å²) in [6.07, 6.45) is 4.70. The number of anilines is 1. The highest BCUT2D eigenvalue weighted by Crippen LogP contribution is 2.67. The maximum Gasteiger partial charge on any atom is 0.333 e. The number of aliphatic hydroxyl groups excluding tert-OH is 3. The molecule has 11 rings (SSSR count). The lowest BCUT2D eigenvalue weighted by Crippen LogP contribution is -2.81. The number of aryl methyl sites for hydroxylation is 1. The van der Waals surface area contributed by atoms with E-state index in [2.05, 4.69) is 32.2 Å². The molecule has 1 saturated carbocycles. The minimum absolute atomic E-state index is 0.0154. The summed E-state index contributed by atoms with van der Waals surface area (Å²) >= 11 is 0. The zero-order chi connectivity index (χ0) is 53.9. The Hall–Kier alpha value is -5.38. The van der Waals surface area contributed by atoms with E-state index in [1.165, 1.54) is 17.9 Å². The van der Waals surface area contributed by atoms with Crippen LogP contribution in [0.2, 0.25) is 0 Å². The van der Waals surface area contributed by atoms with E-state index in [-0.39, 0.29) is 31.5 Å². The predicted molar refractivity (Wildman–Crippen MR) is 282 cm³/mol. The van der Waals surface area contributed by atoms with Gasteiger partial charge in [0.25, 0.3) is 11.5 Å². The van der Waals surface area contributed by atoms with Crippen molar-refractivity contribution in [1.29, 1.82) is 0 Å². The summed E-state index contributed by atoms with van der Waals surface area (Å²) in [5.74, 6) is -0.941. The summed E-state index contributed by atoms with van der Waals surface area (Å²) in [5, 5.41) is 62.8. The number of likely N-dealkylation sites (N-methyl/N-ethyl adjacent to an activating group) is 1. The average molecular weight is 1050 g/mol. The van der Waals surface area contributed by atoms with Gasteiger partial charge in [0, 0.05) is 115 Å². The number of H-pyrrole nitrogens is 1. The van der Waals surface area contributed by atoms with Gasteiger partial charge in [-0.15, -0.1) is 0 Å². The topological polar surface area (TPSA) is 245 Å². The standard InChI is InChI=1S/C57H75N7O12/c1-7-53(72)27-34-28-56(51(70)75-6,45-36(16-22-61(30-34)32-53)35-14-9-10-15-39(35)59-45)38-24-37-40(25-42(38)74-5)60(4)48-55(37)18-23-62-20-13-17-54(8-2,47(55)62)49(68)57(48,73)50(69)58-19-11-12-21-63-46(67)33(3)29-64(52(63)71)44-26-41(66)43(31-65)76-44/h9-10,13-15,17,24-25,29,34,41,43-44,47-49,59,65-66,68,72-73H,7-8,11-12,16,18-23,26-28,30-32H2,1-6H3,(H,58,69)/t34?,41-,43+,44+,47+,48-,49-,53?,54-,55?,56+,57-/m1/s1. The molecule has 2 aromatic heterocycles. The first kappa shape index (κ1) is 52.7. The molecule has 410 valence electrons. The van der Waals surface area contributed by atoms with Crippen molar-refractivity contribution in [2.75, 3.05) is 72.0 Å². The van der Waals surface area contributed by atoms with Gasteiger partial charge in [0.1, 0.15) is 29.6 Å². The molecule has 76 heavy (non-hydrogen) atoms. The minimum Gasteiger partial charge on any atom is -0.496 e. The fourth-order valence-electron chi connectivity index (χ4n) is 16.0. The van der Waals surface area contributed by atoms with Crippen molar-refractivity contribution in [3.8, 4) is 5.75 Å². The highest BCUT2D eigenvalue weighted by molar-refractivity contribution is 5.95. The number of aromatic amines is 1. The van der Waals surface area contributed by atoms with E-state index in [0.717, 1.165) is 32.3 Å². The molecule has 0 radical (unpaired) electrons. The number of esters is 1. The second-order valence-corrected chi connectivity index (χ2v) is 23.2. The van der Waals surface area contributed by atoms with Crippen LogP contribution in [0.3, 0.4) is 0 Å². The van der Waals surface area contributed by atoms with E-state index in [4.69, 9.17) is 14.2 Å². The molecule has 7 aliphatic rings. The number of nitrogens with one attached hydrogen (secondary N) is 2. The number of rotatable bonds is 13. The van der Waals surface area contributed by atoms with E-state index in [1.807, 2.05) is 62.2 Å². The fourth-order valence-corrected chi connectivity index (χ4v) is 16.0. The van der Waals surface area contributed by atoms with E-state index in [9.17, 15) is 35.1 Å². The second-order valence-electron chi connectivity index (χ2n) is 23.2. The Morgan fingerprint density at radius 2 is 1.79 bits per heavy atom. The molecule has 6 aliphatic heterocycles. The average Bonchev–Trinajstić information content (AvgIpc) is 4.38. The lowest BCUT2D eigenvalue weighted by Gasteiger charge is -2.63. The van der Waals surface area contributed by atoms with E-state index < -0.39 is 87.8 Å². The Labute approximate surface area is 442 Å². The number of benzene rings is 2. The monoisotopic (exact) mass is 1050 g/mol. The Balaban J connectivity index is 0.991. The first-order valence-electron chi connectivity index (χ1n) is 27.4. The molecule has 1 amide bonds. The SMILES string of the molecule is CCC1(O)CC2CN(CCc3c([nH]c4ccccc34)[C@@](C(=O)OC)(c3cc4c(cc3OC)N(C)[C@@H]3C45CCN4CC=C[C@](CC)([C@H]45)[C@@H](O)[C@@]3(O)C(=O)NCCCCn3c(=O)c(C)cn([C@@H]4C[C@@H](O)[C@H](CO)O4)c3=O)C2)C1. The Morgan fingerprint density at radius 3 is 2.51 bits per heavy atom. The van der Waals surface area contributed by atoms with Crippen molar-refractivity contribution < 1.29 is 49.3 Å². The molecule has 4 aromatic rings. The number of ether oxygens (including phenoxy) is 3. The van der Waals surface area contributed by atoms with Crippen molar-refractivity contribution in [3.05, 3.63) is 104 Å². The number of methoxy groups -OCH3 is 2. The van der Waals surface area contributed by atoms with Crippen LogP contribution >= 0.6 is 0 Å². The fraction of sp³-hybridized carbons (Fsp3) is 0.614. The molecule has 7 N–H and O–H groups in total. The highest BCUT2D eigenvalue weighted by Gasteiger charge is 2.78. The number of amides is 1. The second kappa shape index (κ2) is 19.2. The molecular formula is C57H75N7O12. The van der Waals surface area contributed by atoms with Gasteiger partial charge in [0.2, 0.25) is 0 Å². The van der Waals surface area contributed by atoms with Crippen LogP contribution in [0.5, 0.6) is 5.75 Å². The zero-order valence-electron chi connectivity index (χ0n) is 44.6. The van der Waals surface area contributed by atoms with Gasteiger partial charge in [-0.2, -0.15) is 0 Å². The van der Waals surface area contributed by atoms with Crippen molar-refractivity contribution in [1.82, 2.24) is 29.2 Å². The van der Waals surface area contributed by atoms with Gasteiger partial charge in [-0.05, 0) is 94.0 Å². The molecule has 4 unspecified atom stereocenters. The minimum atomic E-state index is -2.40. The number of carbonyl (C=O) groups is 2. The maximum atomic E-state index is 15.5. The molecule has 2 aromatic carbocycles. The summed E-state index contributed by atoms with van der Waals surface area (Å²) in [7, 11) is 4.86. The van der Waals surface area contributed by atoms with Crippen LogP contribution in [-0.4, -0.2) is 170 Å². The van der Waals surface area contributed by atoms with Crippen LogP contribution in [0.1, 0.15) is 99.4 Å². The number of fused-ring (bicyclic) bond motifs is 6. The number of piperidine rings is 1. The number of carbonyl (C=O) groups excluding carboxylic acids is 2. The Bertz CT molecular complexity index is 3100. The quantitative estimate of drug-likeness (QED) is 0.0577. The van der Waals surface area contributed by atoms with E-state index >= 15 is 9.59 Å². The van der Waals surface area contributed by atoms with Crippen molar-refractivity contribution in [2.24, 2.45) is 11.3 Å². The van der Waals surface area contributed by atoms with E-state index in [1.54, 1.807) is 14.0 Å². The lowest BCUT2D eigenvalue weighted by atomic mass is 9.47. The van der Waals surface area contributed by atoms with Crippen LogP contribution in [0.25, 0.3) is 10.9 Å². The maximum absolute atomic E-state index is 15.5.